The summed E-state index contributed by atoms with van der Waals surface area (Å²) in [6, 6.07) is 7.37. The molecule has 0 bridgehead atoms. The number of rotatable bonds is 3. The Balaban J connectivity index is 1.97. The summed E-state index contributed by atoms with van der Waals surface area (Å²) in [6.07, 6.45) is -4.64. The van der Waals surface area contributed by atoms with Crippen LogP contribution in [0.3, 0.4) is 0 Å². The van der Waals surface area contributed by atoms with E-state index in [1.807, 2.05) is 24.3 Å². The molecule has 0 radical (unpaired) electrons. The molecule has 19 heavy (non-hydrogen) atoms. The van der Waals surface area contributed by atoms with Gasteiger partial charge in [-0.1, -0.05) is 18.2 Å². The van der Waals surface area contributed by atoms with Crippen LogP contribution in [0.25, 0.3) is 0 Å². The molecule has 1 heterocycles. The van der Waals surface area contributed by atoms with Crippen LogP contribution in [0.2, 0.25) is 0 Å². The minimum absolute atomic E-state index is 0.335. The lowest BCUT2D eigenvalue weighted by molar-refractivity contribution is -0.136. The van der Waals surface area contributed by atoms with E-state index in [0.29, 0.717) is 13.0 Å². The Labute approximate surface area is 109 Å². The zero-order chi connectivity index (χ0) is 13.9. The molecule has 3 nitrogen and oxygen atoms in total. The van der Waals surface area contributed by atoms with E-state index in [1.54, 1.807) is 0 Å². The van der Waals surface area contributed by atoms with Crippen LogP contribution in [0, 0.1) is 0 Å². The number of benzene rings is 1. The third-order valence-electron chi connectivity index (χ3n) is 3.11. The summed E-state index contributed by atoms with van der Waals surface area (Å²) < 4.78 is 36.1. The second kappa shape index (κ2) is 5.50. The summed E-state index contributed by atoms with van der Waals surface area (Å²) in [6.45, 7) is 0.281. The van der Waals surface area contributed by atoms with Gasteiger partial charge >= 0.3 is 6.18 Å². The Bertz CT molecular complexity index is 459. The van der Waals surface area contributed by atoms with Crippen LogP contribution in [0.5, 0.6) is 0 Å². The fourth-order valence-corrected chi connectivity index (χ4v) is 2.19. The normalized spacial score (nSPS) is 18.4. The molecule has 1 atom stereocenters. The summed E-state index contributed by atoms with van der Waals surface area (Å²) in [5.41, 5.74) is 1.72. The number of halogens is 3. The molecule has 1 aliphatic heterocycles. The number of amides is 1. The second-order valence-corrected chi connectivity index (χ2v) is 4.51. The van der Waals surface area contributed by atoms with Gasteiger partial charge in [-0.3, -0.25) is 4.79 Å². The Morgan fingerprint density at radius 1 is 1.37 bits per heavy atom. The maximum atomic E-state index is 12.0. The van der Waals surface area contributed by atoms with E-state index in [1.165, 1.54) is 0 Å². The van der Waals surface area contributed by atoms with Crippen molar-refractivity contribution in [3.8, 4) is 0 Å². The van der Waals surface area contributed by atoms with Crippen molar-refractivity contribution in [1.29, 1.82) is 0 Å². The van der Waals surface area contributed by atoms with Crippen molar-refractivity contribution in [2.75, 3.05) is 18.4 Å². The lowest BCUT2D eigenvalue weighted by Crippen LogP contribution is -2.34. The van der Waals surface area contributed by atoms with Gasteiger partial charge in [0, 0.05) is 18.8 Å². The van der Waals surface area contributed by atoms with Gasteiger partial charge in [0.25, 0.3) is 0 Å². The highest BCUT2D eigenvalue weighted by atomic mass is 19.4. The highest BCUT2D eigenvalue weighted by molar-refractivity contribution is 5.86. The van der Waals surface area contributed by atoms with Crippen LogP contribution in [0.1, 0.15) is 24.3 Å². The molecule has 2 N–H and O–H groups in total. The lowest BCUT2D eigenvalue weighted by Gasteiger charge is -2.25. The number of anilines is 1. The van der Waals surface area contributed by atoms with Gasteiger partial charge in [0.05, 0.1) is 12.3 Å². The smallest absolute Gasteiger partial charge is 0.385 e. The minimum Gasteiger partial charge on any atom is -0.385 e. The summed E-state index contributed by atoms with van der Waals surface area (Å²) in [5.74, 6) is -0.705. The van der Waals surface area contributed by atoms with Crippen LogP contribution < -0.4 is 10.6 Å². The highest BCUT2D eigenvalue weighted by Crippen LogP contribution is 2.31. The molecule has 0 saturated heterocycles. The number of hydrogen-bond donors (Lipinski definition) is 2. The van der Waals surface area contributed by atoms with Gasteiger partial charge in [0.2, 0.25) is 5.91 Å². The second-order valence-electron chi connectivity index (χ2n) is 4.51. The van der Waals surface area contributed by atoms with Gasteiger partial charge in [0.1, 0.15) is 0 Å². The molecular formula is C13H15F3N2O. The van der Waals surface area contributed by atoms with Crippen LogP contribution >= 0.6 is 0 Å². The average molecular weight is 272 g/mol. The predicted octanol–water partition coefficient (Wildman–Crippen LogP) is 2.65. The minimum atomic E-state index is -4.24. The zero-order valence-electron chi connectivity index (χ0n) is 10.3. The van der Waals surface area contributed by atoms with Crippen molar-refractivity contribution in [2.24, 2.45) is 0 Å². The zero-order valence-corrected chi connectivity index (χ0v) is 10.3. The van der Waals surface area contributed by atoms with Crippen molar-refractivity contribution < 1.29 is 18.0 Å². The number of carbonyl (C=O) groups excluding carboxylic acids is 1. The number of para-hydroxylation sites is 1. The Morgan fingerprint density at radius 3 is 2.84 bits per heavy atom. The van der Waals surface area contributed by atoms with Crippen molar-refractivity contribution in [3.05, 3.63) is 29.8 Å². The highest BCUT2D eigenvalue weighted by Gasteiger charge is 2.29. The molecule has 1 unspecified atom stereocenters. The van der Waals surface area contributed by atoms with Crippen LogP contribution in [-0.4, -0.2) is 25.2 Å². The summed E-state index contributed by atoms with van der Waals surface area (Å²) >= 11 is 0. The predicted molar refractivity (Wildman–Crippen MR) is 66.0 cm³/mol. The van der Waals surface area contributed by atoms with Crippen molar-refractivity contribution in [2.45, 2.75) is 24.9 Å². The number of nitrogens with one attached hydrogen (secondary N) is 2. The quantitative estimate of drug-likeness (QED) is 0.888. The van der Waals surface area contributed by atoms with Crippen molar-refractivity contribution in [1.82, 2.24) is 5.32 Å². The van der Waals surface area contributed by atoms with Gasteiger partial charge in [0.15, 0.2) is 0 Å². The molecule has 0 saturated carbocycles. The van der Waals surface area contributed by atoms with Crippen LogP contribution in [0.15, 0.2) is 24.3 Å². The third-order valence-corrected chi connectivity index (χ3v) is 3.11. The number of alkyl halides is 3. The maximum Gasteiger partial charge on any atom is 0.390 e. The molecule has 104 valence electrons. The van der Waals surface area contributed by atoms with E-state index in [0.717, 1.165) is 11.3 Å². The average Bonchev–Trinajstić information content (AvgIpc) is 2.36. The first kappa shape index (κ1) is 13.7. The van der Waals surface area contributed by atoms with Gasteiger partial charge in [-0.05, 0) is 18.1 Å². The SMILES string of the molecule is O=C(NCCC(F)(F)F)C1CCNc2ccccc21. The topological polar surface area (TPSA) is 41.1 Å². The molecule has 0 aliphatic carbocycles. The fourth-order valence-electron chi connectivity index (χ4n) is 2.19. The Kier molecular flexibility index (Phi) is 3.97. The van der Waals surface area contributed by atoms with Crippen molar-refractivity contribution in [3.63, 3.8) is 0 Å². The maximum absolute atomic E-state index is 12.0. The molecule has 2 rings (SSSR count). The summed E-state index contributed by atoms with van der Waals surface area (Å²) in [5, 5.41) is 5.53. The molecule has 0 aromatic heterocycles. The fraction of sp³-hybridized carbons (Fsp3) is 0.462. The third kappa shape index (κ3) is 3.62. The van der Waals surface area contributed by atoms with Gasteiger partial charge in [-0.15, -0.1) is 0 Å². The Hall–Kier alpha value is -1.72. The first-order valence-electron chi connectivity index (χ1n) is 6.14. The molecule has 1 aliphatic rings. The monoisotopic (exact) mass is 272 g/mol. The first-order valence-corrected chi connectivity index (χ1v) is 6.14. The van der Waals surface area contributed by atoms with E-state index in [9.17, 15) is 18.0 Å². The van der Waals surface area contributed by atoms with Gasteiger partial charge < -0.3 is 10.6 Å². The molecule has 6 heteroatoms. The molecule has 0 spiro atoms. The van der Waals surface area contributed by atoms with E-state index in [2.05, 4.69) is 10.6 Å². The summed E-state index contributed by atoms with van der Waals surface area (Å²) in [4.78, 5) is 11.9. The van der Waals surface area contributed by atoms with Crippen LogP contribution in [0.4, 0.5) is 18.9 Å². The first-order chi connectivity index (χ1) is 8.97. The number of fused-ring (bicyclic) bond motifs is 1. The van der Waals surface area contributed by atoms with E-state index < -0.39 is 12.6 Å². The molecular weight excluding hydrogens is 257 g/mol. The molecule has 1 aromatic rings. The van der Waals surface area contributed by atoms with Gasteiger partial charge in [-0.2, -0.15) is 13.2 Å². The van der Waals surface area contributed by atoms with E-state index >= 15 is 0 Å². The van der Waals surface area contributed by atoms with Gasteiger partial charge in [-0.25, -0.2) is 0 Å². The largest absolute Gasteiger partial charge is 0.390 e. The molecule has 0 fully saturated rings. The number of hydrogen-bond acceptors (Lipinski definition) is 2. The van der Waals surface area contributed by atoms with Crippen LogP contribution in [-0.2, 0) is 4.79 Å². The molecule has 1 aromatic carbocycles. The van der Waals surface area contributed by atoms with E-state index in [-0.39, 0.29) is 18.4 Å². The lowest BCUT2D eigenvalue weighted by atomic mass is 9.90. The summed E-state index contributed by atoms with van der Waals surface area (Å²) in [7, 11) is 0. The Morgan fingerprint density at radius 2 is 2.11 bits per heavy atom. The number of carbonyl (C=O) groups is 1. The van der Waals surface area contributed by atoms with E-state index in [4.69, 9.17) is 0 Å². The standard InChI is InChI=1S/C13H15F3N2O/c14-13(15,16)6-8-18-12(19)10-5-7-17-11-4-2-1-3-9(10)11/h1-4,10,17H,5-8H2,(H,18,19). The molecule has 1 amide bonds. The van der Waals surface area contributed by atoms with Crippen molar-refractivity contribution >= 4 is 11.6 Å².